The third-order valence-corrected chi connectivity index (χ3v) is 2.44. The maximum atomic E-state index is 11.6. The predicted molar refractivity (Wildman–Crippen MR) is 70.9 cm³/mol. The van der Waals surface area contributed by atoms with Crippen molar-refractivity contribution in [1.29, 1.82) is 0 Å². The van der Waals surface area contributed by atoms with Crippen molar-refractivity contribution >= 4 is 11.9 Å². The first-order valence-electron chi connectivity index (χ1n) is 6.29. The van der Waals surface area contributed by atoms with Crippen LogP contribution < -0.4 is 9.47 Å². The van der Waals surface area contributed by atoms with Gasteiger partial charge in [0.15, 0.2) is 11.5 Å². The van der Waals surface area contributed by atoms with E-state index in [1.165, 1.54) is 25.3 Å². The summed E-state index contributed by atoms with van der Waals surface area (Å²) >= 11 is 0. The smallest absolute Gasteiger partial charge is 0.338 e. The molecule has 0 amide bonds. The van der Waals surface area contributed by atoms with E-state index in [9.17, 15) is 9.59 Å². The molecule has 0 aliphatic heterocycles. The van der Waals surface area contributed by atoms with Gasteiger partial charge in [0.2, 0.25) is 0 Å². The molecule has 0 spiro atoms. The molecule has 0 radical (unpaired) electrons. The summed E-state index contributed by atoms with van der Waals surface area (Å²) < 4.78 is 15.1. The lowest BCUT2D eigenvalue weighted by Crippen LogP contribution is -2.10. The van der Waals surface area contributed by atoms with Gasteiger partial charge in [-0.05, 0) is 31.5 Å². The van der Waals surface area contributed by atoms with Gasteiger partial charge in [0.25, 0.3) is 0 Å². The number of aliphatic hydroxyl groups excluding tert-OH is 1. The molecule has 1 aromatic rings. The van der Waals surface area contributed by atoms with E-state index in [0.29, 0.717) is 12.0 Å². The number of methoxy groups -OCH3 is 1. The highest BCUT2D eigenvalue weighted by atomic mass is 16.6. The van der Waals surface area contributed by atoms with Gasteiger partial charge in [0.05, 0.1) is 19.3 Å². The van der Waals surface area contributed by atoms with Crippen molar-refractivity contribution in [3.05, 3.63) is 23.8 Å². The largest absolute Gasteiger partial charge is 0.493 e. The van der Waals surface area contributed by atoms with Gasteiger partial charge in [0, 0.05) is 13.0 Å². The molecule has 6 heteroatoms. The van der Waals surface area contributed by atoms with Gasteiger partial charge in [-0.2, -0.15) is 0 Å². The second kappa shape index (κ2) is 8.16. The Hall–Kier alpha value is -2.08. The second-order valence-electron chi connectivity index (χ2n) is 3.89. The van der Waals surface area contributed by atoms with Gasteiger partial charge in [-0.15, -0.1) is 0 Å². The molecule has 0 aliphatic rings. The average molecular weight is 282 g/mol. The quantitative estimate of drug-likeness (QED) is 0.603. The molecule has 0 aromatic heterocycles. The number of carbonyl (C=O) groups is 2. The molecular formula is C14H18O6. The second-order valence-corrected chi connectivity index (χ2v) is 3.89. The van der Waals surface area contributed by atoms with Crippen LogP contribution in [-0.4, -0.2) is 37.4 Å². The average Bonchev–Trinajstić information content (AvgIpc) is 2.45. The number of hydrogen-bond acceptors (Lipinski definition) is 6. The van der Waals surface area contributed by atoms with Gasteiger partial charge in [0.1, 0.15) is 0 Å². The maximum Gasteiger partial charge on any atom is 0.338 e. The fourth-order valence-corrected chi connectivity index (χ4v) is 1.49. The van der Waals surface area contributed by atoms with Crippen molar-refractivity contribution in [2.24, 2.45) is 0 Å². The minimum atomic E-state index is -0.471. The molecule has 1 N–H and O–H groups in total. The number of ether oxygens (including phenoxy) is 3. The van der Waals surface area contributed by atoms with E-state index in [1.807, 2.05) is 0 Å². The zero-order valence-electron chi connectivity index (χ0n) is 11.5. The first-order chi connectivity index (χ1) is 9.62. The summed E-state index contributed by atoms with van der Waals surface area (Å²) in [6, 6.07) is 4.42. The fraction of sp³-hybridized carbons (Fsp3) is 0.429. The van der Waals surface area contributed by atoms with Crippen LogP contribution in [0.25, 0.3) is 0 Å². The summed E-state index contributed by atoms with van der Waals surface area (Å²) in [6.45, 7) is 1.92. The monoisotopic (exact) mass is 282 g/mol. The molecule has 0 fully saturated rings. The van der Waals surface area contributed by atoms with E-state index in [4.69, 9.17) is 19.3 Å². The van der Waals surface area contributed by atoms with E-state index in [-0.39, 0.29) is 31.1 Å². The van der Waals surface area contributed by atoms with Crippen LogP contribution in [0.2, 0.25) is 0 Å². The predicted octanol–water partition coefficient (Wildman–Crippen LogP) is 1.55. The van der Waals surface area contributed by atoms with Crippen molar-refractivity contribution in [1.82, 2.24) is 0 Å². The first-order valence-corrected chi connectivity index (χ1v) is 6.29. The van der Waals surface area contributed by atoms with E-state index < -0.39 is 11.9 Å². The molecule has 6 nitrogen and oxygen atoms in total. The Morgan fingerprint density at radius 2 is 2.00 bits per heavy atom. The lowest BCUT2D eigenvalue weighted by atomic mass is 10.2. The van der Waals surface area contributed by atoms with Crippen LogP contribution in [-0.2, 0) is 9.53 Å². The Morgan fingerprint density at radius 1 is 1.25 bits per heavy atom. The number of benzene rings is 1. The van der Waals surface area contributed by atoms with Gasteiger partial charge in [-0.1, -0.05) is 0 Å². The SMILES string of the molecule is CCOC(=O)c1ccc(OC(=O)CCCO)c(OC)c1. The lowest BCUT2D eigenvalue weighted by molar-refractivity contribution is -0.134. The minimum Gasteiger partial charge on any atom is -0.493 e. The van der Waals surface area contributed by atoms with Gasteiger partial charge in [-0.25, -0.2) is 4.79 Å². The summed E-state index contributed by atoms with van der Waals surface area (Å²) in [4.78, 5) is 23.1. The number of rotatable bonds is 7. The fourth-order valence-electron chi connectivity index (χ4n) is 1.49. The Morgan fingerprint density at radius 3 is 2.60 bits per heavy atom. The van der Waals surface area contributed by atoms with Crippen LogP contribution in [0.4, 0.5) is 0 Å². The van der Waals surface area contributed by atoms with Crippen LogP contribution in [0.15, 0.2) is 18.2 Å². The summed E-state index contributed by atoms with van der Waals surface area (Å²) in [5.41, 5.74) is 0.318. The normalized spacial score (nSPS) is 9.95. The first kappa shape index (κ1) is 16.0. The minimum absolute atomic E-state index is 0.0754. The molecule has 1 rings (SSSR count). The van der Waals surface area contributed by atoms with E-state index in [2.05, 4.69) is 0 Å². The molecule has 0 aliphatic carbocycles. The molecule has 0 heterocycles. The van der Waals surface area contributed by atoms with Crippen LogP contribution in [0.3, 0.4) is 0 Å². The third-order valence-electron chi connectivity index (χ3n) is 2.44. The summed E-state index contributed by atoms with van der Waals surface area (Å²) in [5, 5.41) is 8.65. The molecule has 0 unspecified atom stereocenters. The van der Waals surface area contributed by atoms with E-state index >= 15 is 0 Å². The van der Waals surface area contributed by atoms with Gasteiger partial charge in [-0.3, -0.25) is 4.79 Å². The Balaban J connectivity index is 2.82. The zero-order chi connectivity index (χ0) is 15.0. The third kappa shape index (κ3) is 4.55. The zero-order valence-corrected chi connectivity index (χ0v) is 11.5. The van der Waals surface area contributed by atoms with Crippen molar-refractivity contribution in [2.75, 3.05) is 20.3 Å². The molecular weight excluding hydrogens is 264 g/mol. The standard InChI is InChI=1S/C14H18O6/c1-3-19-14(17)10-6-7-11(12(9-10)18-2)20-13(16)5-4-8-15/h6-7,9,15H,3-5,8H2,1-2H3. The van der Waals surface area contributed by atoms with Gasteiger partial charge < -0.3 is 19.3 Å². The van der Waals surface area contributed by atoms with Crippen molar-refractivity contribution in [2.45, 2.75) is 19.8 Å². The summed E-state index contributed by atoms with van der Waals surface area (Å²) in [6.07, 6.45) is 0.446. The maximum absolute atomic E-state index is 11.6. The van der Waals surface area contributed by atoms with Gasteiger partial charge >= 0.3 is 11.9 Å². The van der Waals surface area contributed by atoms with Crippen LogP contribution in [0.1, 0.15) is 30.1 Å². The van der Waals surface area contributed by atoms with Crippen LogP contribution in [0.5, 0.6) is 11.5 Å². The molecule has 0 saturated carbocycles. The number of esters is 2. The summed E-state index contributed by atoms with van der Waals surface area (Å²) in [5.74, 6) is -0.443. The number of aliphatic hydroxyl groups is 1. The summed E-state index contributed by atoms with van der Waals surface area (Å²) in [7, 11) is 1.41. The molecule has 20 heavy (non-hydrogen) atoms. The molecule has 0 atom stereocenters. The molecule has 0 bridgehead atoms. The topological polar surface area (TPSA) is 82.1 Å². The molecule has 1 aromatic carbocycles. The number of carbonyl (C=O) groups excluding carboxylic acids is 2. The Labute approximate surface area is 117 Å². The lowest BCUT2D eigenvalue weighted by Gasteiger charge is -2.10. The van der Waals surface area contributed by atoms with E-state index in [0.717, 1.165) is 0 Å². The molecule has 0 saturated heterocycles. The van der Waals surface area contributed by atoms with Crippen LogP contribution >= 0.6 is 0 Å². The van der Waals surface area contributed by atoms with Crippen molar-refractivity contribution in [3.63, 3.8) is 0 Å². The highest BCUT2D eigenvalue weighted by molar-refractivity contribution is 5.90. The molecule has 110 valence electrons. The Kier molecular flexibility index (Phi) is 6.52. The van der Waals surface area contributed by atoms with Crippen molar-refractivity contribution < 1.29 is 28.9 Å². The van der Waals surface area contributed by atoms with E-state index in [1.54, 1.807) is 6.92 Å². The Bertz CT molecular complexity index is 469. The van der Waals surface area contributed by atoms with Crippen LogP contribution in [0, 0.1) is 0 Å². The van der Waals surface area contributed by atoms with Crippen molar-refractivity contribution in [3.8, 4) is 11.5 Å². The number of hydrogen-bond donors (Lipinski definition) is 1. The highest BCUT2D eigenvalue weighted by Crippen LogP contribution is 2.28. The highest BCUT2D eigenvalue weighted by Gasteiger charge is 2.14.